The zero-order valence-corrected chi connectivity index (χ0v) is 42.8. The summed E-state index contributed by atoms with van der Waals surface area (Å²) in [7, 11) is 0. The molecular formula is C57H50N8O9S2. The Bertz CT molecular complexity index is 3970. The number of carboxylic acids is 1. The van der Waals surface area contributed by atoms with Crippen molar-refractivity contribution in [2.75, 3.05) is 22.1 Å². The zero-order valence-electron chi connectivity index (χ0n) is 41.2. The number of nitrogens with one attached hydrogen (secondary N) is 4. The normalized spacial score (nSPS) is 10.9. The van der Waals surface area contributed by atoms with E-state index in [1.54, 1.807) is 120 Å². The van der Waals surface area contributed by atoms with E-state index < -0.39 is 29.0 Å². The van der Waals surface area contributed by atoms with Gasteiger partial charge in [0.1, 0.15) is 5.60 Å². The predicted octanol–water partition coefficient (Wildman–Crippen LogP) is 10.1. The second-order valence-electron chi connectivity index (χ2n) is 18.1. The number of hydrogen-bond donors (Lipinski definition) is 7. The molecular weight excluding hydrogens is 1000 g/mol. The van der Waals surface area contributed by atoms with Crippen molar-refractivity contribution in [3.63, 3.8) is 0 Å². The number of aromatic nitrogens is 4. The largest absolute Gasteiger partial charge is 0.478 e. The lowest BCUT2D eigenvalue weighted by Gasteiger charge is -2.20. The zero-order chi connectivity index (χ0) is 54.1. The Labute approximate surface area is 441 Å². The van der Waals surface area contributed by atoms with E-state index >= 15 is 0 Å². The van der Waals surface area contributed by atoms with Crippen LogP contribution in [0.25, 0.3) is 42.7 Å². The molecule has 0 unspecified atom stereocenters. The first-order chi connectivity index (χ1) is 36.4. The van der Waals surface area contributed by atoms with Gasteiger partial charge in [0, 0.05) is 15.3 Å². The number of hydrogen-bond acceptors (Lipinski definition) is 12. The minimum absolute atomic E-state index is 0.0822. The molecule has 2 amide bonds. The Kier molecular flexibility index (Phi) is 16.0. The van der Waals surface area contributed by atoms with Gasteiger partial charge in [0.2, 0.25) is 0 Å². The summed E-state index contributed by atoms with van der Waals surface area (Å²) in [6.45, 7) is 5.62. The van der Waals surface area contributed by atoms with E-state index in [2.05, 4.69) is 20.6 Å². The van der Waals surface area contributed by atoms with Crippen molar-refractivity contribution in [3.8, 4) is 20.9 Å². The molecule has 0 fully saturated rings. The van der Waals surface area contributed by atoms with Gasteiger partial charge in [-0.05, 0) is 139 Å². The number of thiophene rings is 2. The number of para-hydroxylation sites is 2. The first-order valence-electron chi connectivity index (χ1n) is 23.4. The van der Waals surface area contributed by atoms with Gasteiger partial charge >= 0.3 is 23.4 Å². The summed E-state index contributed by atoms with van der Waals surface area (Å²) >= 11 is 3.25. The molecule has 10 aromatic rings. The van der Waals surface area contributed by atoms with Crippen molar-refractivity contribution in [2.45, 2.75) is 39.5 Å². The maximum Gasteiger partial charge on any atom is 0.412 e. The van der Waals surface area contributed by atoms with Gasteiger partial charge in [0.15, 0.2) is 0 Å². The average molecular weight is 1060 g/mol. The van der Waals surface area contributed by atoms with Gasteiger partial charge in [0.25, 0.3) is 17.0 Å². The van der Waals surface area contributed by atoms with E-state index in [9.17, 15) is 33.6 Å². The molecule has 76 heavy (non-hydrogen) atoms. The fraction of sp³-hybridized carbons (Fsp3) is 0.105. The van der Waals surface area contributed by atoms with E-state index in [-0.39, 0.29) is 35.7 Å². The summed E-state index contributed by atoms with van der Waals surface area (Å²) in [4.78, 5) is 92.5. The molecule has 0 aliphatic heterocycles. The highest BCUT2D eigenvalue weighted by Crippen LogP contribution is 2.32. The number of carboxylic acid groups (broad SMARTS) is 1. The van der Waals surface area contributed by atoms with E-state index in [1.807, 2.05) is 80.1 Å². The Balaban J connectivity index is 0.000000159. The minimum atomic E-state index is -1.02. The molecule has 6 aromatic carbocycles. The number of rotatable bonds is 10. The number of amides is 2. The third-order valence-electron chi connectivity index (χ3n) is 11.5. The fourth-order valence-electron chi connectivity index (χ4n) is 7.71. The SMILES string of the molecule is CC(C)(C)OC(=O)Nc1ccc(-c2cccs2)cc1N.Nc1ccc(-c2cccs2)cc1NC(=O)c1ccc(Cn2c(=O)[nH]c3ccccc3c2=O)cc1.O=C(O)c1ccc(Cn2c(=O)[nH]c3ccccc3c2=O)cc1. The number of benzene rings is 6. The summed E-state index contributed by atoms with van der Waals surface area (Å²) < 4.78 is 7.44. The molecule has 10 rings (SSSR count). The molecule has 9 N–H and O–H groups in total. The molecule has 19 heteroatoms. The fourth-order valence-corrected chi connectivity index (χ4v) is 9.15. The monoisotopic (exact) mass is 1050 g/mol. The van der Waals surface area contributed by atoms with Crippen LogP contribution in [0.15, 0.2) is 188 Å². The number of nitrogens with zero attached hydrogens (tertiary/aromatic N) is 2. The number of nitrogen functional groups attached to an aromatic ring is 2. The minimum Gasteiger partial charge on any atom is -0.478 e. The van der Waals surface area contributed by atoms with Gasteiger partial charge in [-0.2, -0.15) is 0 Å². The van der Waals surface area contributed by atoms with Crippen molar-refractivity contribution in [3.05, 3.63) is 232 Å². The number of aromatic amines is 2. The summed E-state index contributed by atoms with van der Waals surface area (Å²) in [5.74, 6) is -1.32. The molecule has 0 aliphatic carbocycles. The van der Waals surface area contributed by atoms with Crippen LogP contribution >= 0.6 is 22.7 Å². The quantitative estimate of drug-likeness (QED) is 0.0633. The molecule has 0 atom stereocenters. The highest BCUT2D eigenvalue weighted by atomic mass is 32.1. The molecule has 4 aromatic heterocycles. The predicted molar refractivity (Wildman–Crippen MR) is 302 cm³/mol. The molecule has 4 heterocycles. The number of H-pyrrole nitrogens is 2. The van der Waals surface area contributed by atoms with Crippen LogP contribution in [0.4, 0.5) is 27.5 Å². The van der Waals surface area contributed by atoms with Gasteiger partial charge < -0.3 is 36.6 Å². The van der Waals surface area contributed by atoms with Crippen molar-refractivity contribution < 1.29 is 24.2 Å². The second kappa shape index (κ2) is 23.1. The van der Waals surface area contributed by atoms with Crippen molar-refractivity contribution in [1.29, 1.82) is 0 Å². The third kappa shape index (κ3) is 13.0. The Morgan fingerprint density at radius 2 is 1.05 bits per heavy atom. The van der Waals surface area contributed by atoms with Crippen molar-refractivity contribution >= 4 is 85.2 Å². The smallest absolute Gasteiger partial charge is 0.412 e. The molecule has 0 aliphatic rings. The van der Waals surface area contributed by atoms with Crippen molar-refractivity contribution in [1.82, 2.24) is 19.1 Å². The van der Waals surface area contributed by atoms with E-state index in [1.165, 1.54) is 12.1 Å². The van der Waals surface area contributed by atoms with Crippen LogP contribution in [0.1, 0.15) is 52.6 Å². The Morgan fingerprint density at radius 3 is 1.53 bits per heavy atom. The number of fused-ring (bicyclic) bond motifs is 2. The van der Waals surface area contributed by atoms with Crippen molar-refractivity contribution in [2.24, 2.45) is 0 Å². The van der Waals surface area contributed by atoms with Crippen LogP contribution in [-0.2, 0) is 17.8 Å². The van der Waals surface area contributed by atoms with Crippen LogP contribution in [-0.4, -0.2) is 47.8 Å². The number of aromatic carboxylic acids is 1. The van der Waals surface area contributed by atoms with Crippen LogP contribution in [0.3, 0.4) is 0 Å². The second-order valence-corrected chi connectivity index (χ2v) is 20.0. The van der Waals surface area contributed by atoms with Gasteiger partial charge in [0.05, 0.1) is 63.2 Å². The lowest BCUT2D eigenvalue weighted by atomic mass is 10.1. The van der Waals surface area contributed by atoms with Crippen LogP contribution in [0, 0.1) is 0 Å². The number of anilines is 4. The standard InChI is InChI=1S/C26H20N4O3S.C16H12N2O4.C15H18N2O2S/c27-20-12-11-18(23-6-3-13-34-23)14-22(20)28-24(31)17-9-7-16(8-10-17)15-30-25(32)19-4-1-2-5-21(19)29-26(30)33;19-14-12-3-1-2-4-13(12)17-16(22)18(14)9-10-5-7-11(8-6-10)15(20)21;1-15(2,3)19-14(18)17-12-7-6-10(9-11(12)16)13-5-4-8-20-13/h1-14H,15,27H2,(H,28,31)(H,29,33);1-8H,9H2,(H,17,22)(H,20,21);4-9H,16H2,1-3H3,(H,17,18). The van der Waals surface area contributed by atoms with E-state index in [0.29, 0.717) is 55.7 Å². The Morgan fingerprint density at radius 1 is 0.566 bits per heavy atom. The Hall–Kier alpha value is -9.59. The lowest BCUT2D eigenvalue weighted by molar-refractivity contribution is 0.0634. The average Bonchev–Trinajstić information content (AvgIpc) is 4.16. The van der Waals surface area contributed by atoms with Gasteiger partial charge in [-0.25, -0.2) is 19.2 Å². The number of ether oxygens (including phenoxy) is 1. The molecule has 0 spiro atoms. The van der Waals surface area contributed by atoms with Gasteiger partial charge in [-0.15, -0.1) is 22.7 Å². The maximum atomic E-state index is 12.8. The van der Waals surface area contributed by atoms with Crippen LogP contribution in [0.5, 0.6) is 0 Å². The summed E-state index contributed by atoms with van der Waals surface area (Å²) in [6.07, 6.45) is -0.506. The van der Waals surface area contributed by atoms with E-state index in [0.717, 1.165) is 35.6 Å². The first-order valence-corrected chi connectivity index (χ1v) is 25.2. The number of nitrogens with two attached hydrogens (primary N) is 2. The van der Waals surface area contributed by atoms with Gasteiger partial charge in [-0.1, -0.05) is 72.8 Å². The lowest BCUT2D eigenvalue weighted by Crippen LogP contribution is -2.35. The van der Waals surface area contributed by atoms with Gasteiger partial charge in [-0.3, -0.25) is 28.8 Å². The summed E-state index contributed by atoms with van der Waals surface area (Å²) in [6, 6.07) is 45.6. The molecule has 0 bridgehead atoms. The maximum absolute atomic E-state index is 12.8. The number of carbonyl (C=O) groups excluding carboxylic acids is 2. The summed E-state index contributed by atoms with van der Waals surface area (Å²) in [5.41, 5.74) is 16.9. The molecule has 384 valence electrons. The van der Waals surface area contributed by atoms with E-state index in [4.69, 9.17) is 21.3 Å². The highest BCUT2D eigenvalue weighted by molar-refractivity contribution is 7.13. The summed E-state index contributed by atoms with van der Waals surface area (Å²) in [5, 5.41) is 19.3. The first kappa shape index (κ1) is 52.7. The highest BCUT2D eigenvalue weighted by Gasteiger charge is 2.18. The molecule has 17 nitrogen and oxygen atoms in total. The topological polar surface area (TPSA) is 266 Å². The molecule has 0 saturated heterocycles. The van der Waals surface area contributed by atoms with Crippen LogP contribution in [0.2, 0.25) is 0 Å². The third-order valence-corrected chi connectivity index (χ3v) is 13.3. The van der Waals surface area contributed by atoms with Crippen LogP contribution < -0.4 is 44.6 Å². The number of carbonyl (C=O) groups is 3. The molecule has 0 saturated carbocycles. The molecule has 0 radical (unpaired) electrons.